The van der Waals surface area contributed by atoms with Crippen LogP contribution < -0.4 is 10.1 Å². The Kier molecular flexibility index (Phi) is 4.53. The van der Waals surface area contributed by atoms with Gasteiger partial charge < -0.3 is 10.1 Å². The van der Waals surface area contributed by atoms with E-state index in [1.807, 2.05) is 12.1 Å². The van der Waals surface area contributed by atoms with Crippen LogP contribution in [0, 0.1) is 0 Å². The summed E-state index contributed by atoms with van der Waals surface area (Å²) in [7, 11) is 0. The van der Waals surface area contributed by atoms with Gasteiger partial charge in [-0.3, -0.25) is 0 Å². The molecule has 1 heterocycles. The number of fused-ring (bicyclic) bond motifs is 1. The van der Waals surface area contributed by atoms with Crippen molar-refractivity contribution in [1.29, 1.82) is 0 Å². The van der Waals surface area contributed by atoms with Crippen LogP contribution in [-0.4, -0.2) is 6.61 Å². The minimum Gasteiger partial charge on any atom is -0.493 e. The number of hydrogen-bond acceptors (Lipinski definition) is 2. The Labute approximate surface area is 138 Å². The first-order valence-electron chi connectivity index (χ1n) is 7.06. The van der Waals surface area contributed by atoms with E-state index < -0.39 is 0 Å². The molecule has 3 rings (SSSR count). The molecule has 1 N–H and O–H groups in total. The van der Waals surface area contributed by atoms with Crippen LogP contribution in [0.25, 0.3) is 0 Å². The van der Waals surface area contributed by atoms with Gasteiger partial charge in [-0.05, 0) is 42.3 Å². The van der Waals surface area contributed by atoms with E-state index in [-0.39, 0.29) is 6.04 Å². The summed E-state index contributed by atoms with van der Waals surface area (Å²) in [5, 5.41) is 4.32. The fourth-order valence-electron chi connectivity index (χ4n) is 2.61. The number of benzene rings is 2. The highest BCUT2D eigenvalue weighted by molar-refractivity contribution is 9.10. The third-order valence-electron chi connectivity index (χ3n) is 3.79. The largest absolute Gasteiger partial charge is 0.493 e. The van der Waals surface area contributed by atoms with Crippen LogP contribution in [0.15, 0.2) is 40.9 Å². The molecule has 1 aliphatic rings. The minimum atomic E-state index is 0.272. The first-order valence-corrected chi connectivity index (χ1v) is 8.23. The number of nitrogens with one attached hydrogen (secondary N) is 1. The summed E-state index contributed by atoms with van der Waals surface area (Å²) in [5.41, 5.74) is 3.62. The third kappa shape index (κ3) is 3.42. The van der Waals surface area contributed by atoms with Gasteiger partial charge >= 0.3 is 0 Å². The molecule has 21 heavy (non-hydrogen) atoms. The zero-order chi connectivity index (χ0) is 14.8. The summed E-state index contributed by atoms with van der Waals surface area (Å²) in [5.74, 6) is 1.01. The fourth-order valence-corrected chi connectivity index (χ4v) is 3.14. The van der Waals surface area contributed by atoms with Crippen molar-refractivity contribution < 1.29 is 4.74 Å². The molecular formula is C17H17BrClNO. The van der Waals surface area contributed by atoms with Gasteiger partial charge in [0.25, 0.3) is 0 Å². The maximum absolute atomic E-state index is 6.19. The van der Waals surface area contributed by atoms with Crippen molar-refractivity contribution >= 4 is 27.5 Å². The van der Waals surface area contributed by atoms with Crippen LogP contribution >= 0.6 is 27.5 Å². The van der Waals surface area contributed by atoms with Gasteiger partial charge in [-0.25, -0.2) is 0 Å². The van der Waals surface area contributed by atoms with E-state index in [1.165, 1.54) is 11.1 Å². The van der Waals surface area contributed by atoms with Gasteiger partial charge in [0.05, 0.1) is 6.61 Å². The lowest BCUT2D eigenvalue weighted by molar-refractivity contribution is 0.351. The normalized spacial score (nSPS) is 14.6. The predicted octanol–water partition coefficient (Wildman–Crippen LogP) is 4.89. The second kappa shape index (κ2) is 6.39. The van der Waals surface area contributed by atoms with Crippen LogP contribution in [0.3, 0.4) is 0 Å². The van der Waals surface area contributed by atoms with Gasteiger partial charge in [0.1, 0.15) is 5.75 Å². The molecule has 4 heteroatoms. The maximum atomic E-state index is 6.19. The Morgan fingerprint density at radius 1 is 1.29 bits per heavy atom. The van der Waals surface area contributed by atoms with Crippen LogP contribution in [0.1, 0.15) is 29.7 Å². The first kappa shape index (κ1) is 14.9. The summed E-state index contributed by atoms with van der Waals surface area (Å²) < 4.78 is 6.83. The molecule has 1 atom stereocenters. The SMILES string of the molecule is C[C@@H](NCc1cc(Cl)cc2c1OCC2)c1ccc(Br)cc1. The highest BCUT2D eigenvalue weighted by atomic mass is 79.9. The summed E-state index contributed by atoms with van der Waals surface area (Å²) in [6.07, 6.45) is 0.950. The van der Waals surface area contributed by atoms with E-state index in [4.69, 9.17) is 16.3 Å². The molecule has 110 valence electrons. The summed E-state index contributed by atoms with van der Waals surface area (Å²) in [4.78, 5) is 0. The lowest BCUT2D eigenvalue weighted by atomic mass is 10.1. The summed E-state index contributed by atoms with van der Waals surface area (Å²) in [6, 6.07) is 12.6. The standard InChI is InChI=1S/C17H17BrClNO/c1-11(12-2-4-15(18)5-3-12)20-10-14-9-16(19)8-13-6-7-21-17(13)14/h2-5,8-9,11,20H,6-7,10H2,1H3/t11-/m1/s1. The van der Waals surface area contributed by atoms with E-state index in [2.05, 4.69) is 52.4 Å². The molecular weight excluding hydrogens is 350 g/mol. The number of hydrogen-bond donors (Lipinski definition) is 1. The van der Waals surface area contributed by atoms with Gasteiger partial charge in [-0.15, -0.1) is 0 Å². The van der Waals surface area contributed by atoms with Crippen LogP contribution in [0.2, 0.25) is 5.02 Å². The van der Waals surface area contributed by atoms with Crippen molar-refractivity contribution in [3.05, 3.63) is 62.6 Å². The number of ether oxygens (including phenoxy) is 1. The summed E-state index contributed by atoms with van der Waals surface area (Å²) >= 11 is 9.65. The minimum absolute atomic E-state index is 0.272. The van der Waals surface area contributed by atoms with E-state index in [1.54, 1.807) is 0 Å². The van der Waals surface area contributed by atoms with Crippen molar-refractivity contribution in [3.8, 4) is 5.75 Å². The van der Waals surface area contributed by atoms with E-state index in [9.17, 15) is 0 Å². The smallest absolute Gasteiger partial charge is 0.127 e. The Morgan fingerprint density at radius 2 is 2.05 bits per heavy atom. The topological polar surface area (TPSA) is 21.3 Å². The molecule has 2 aromatic rings. The molecule has 1 aliphatic heterocycles. The third-order valence-corrected chi connectivity index (χ3v) is 4.54. The zero-order valence-electron chi connectivity index (χ0n) is 11.8. The van der Waals surface area contributed by atoms with E-state index in [0.717, 1.165) is 40.4 Å². The maximum Gasteiger partial charge on any atom is 0.127 e. The van der Waals surface area contributed by atoms with E-state index >= 15 is 0 Å². The molecule has 0 spiro atoms. The van der Waals surface area contributed by atoms with Gasteiger partial charge in [0.2, 0.25) is 0 Å². The zero-order valence-corrected chi connectivity index (χ0v) is 14.2. The quantitative estimate of drug-likeness (QED) is 0.832. The molecule has 0 amide bonds. The van der Waals surface area contributed by atoms with Crippen molar-refractivity contribution in [3.63, 3.8) is 0 Å². The molecule has 0 aliphatic carbocycles. The average molecular weight is 367 g/mol. The van der Waals surface area contributed by atoms with Crippen molar-refractivity contribution in [2.75, 3.05) is 6.61 Å². The van der Waals surface area contributed by atoms with Gasteiger partial charge in [0, 0.05) is 34.1 Å². The number of halogens is 2. The molecule has 0 fully saturated rings. The Bertz CT molecular complexity index is 642. The molecule has 0 unspecified atom stereocenters. The van der Waals surface area contributed by atoms with Crippen molar-refractivity contribution in [2.45, 2.75) is 25.9 Å². The highest BCUT2D eigenvalue weighted by Crippen LogP contribution is 2.33. The molecule has 2 nitrogen and oxygen atoms in total. The molecule has 0 saturated heterocycles. The monoisotopic (exact) mass is 365 g/mol. The fraction of sp³-hybridized carbons (Fsp3) is 0.294. The Balaban J connectivity index is 1.72. The van der Waals surface area contributed by atoms with Gasteiger partial charge in [0.15, 0.2) is 0 Å². The molecule has 0 saturated carbocycles. The average Bonchev–Trinajstić information content (AvgIpc) is 2.93. The van der Waals surface area contributed by atoms with Crippen LogP contribution in [0.4, 0.5) is 0 Å². The molecule has 0 bridgehead atoms. The van der Waals surface area contributed by atoms with Crippen molar-refractivity contribution in [2.24, 2.45) is 0 Å². The van der Waals surface area contributed by atoms with Crippen LogP contribution in [0.5, 0.6) is 5.75 Å². The molecule has 0 aromatic heterocycles. The van der Waals surface area contributed by atoms with E-state index in [0.29, 0.717) is 0 Å². The summed E-state index contributed by atoms with van der Waals surface area (Å²) in [6.45, 7) is 3.67. The highest BCUT2D eigenvalue weighted by Gasteiger charge is 2.18. The van der Waals surface area contributed by atoms with Crippen LogP contribution in [-0.2, 0) is 13.0 Å². The molecule has 0 radical (unpaired) electrons. The molecule has 2 aromatic carbocycles. The second-order valence-corrected chi connectivity index (χ2v) is 6.66. The predicted molar refractivity (Wildman–Crippen MR) is 90.0 cm³/mol. The first-order chi connectivity index (χ1) is 10.1. The van der Waals surface area contributed by atoms with Gasteiger partial charge in [-0.2, -0.15) is 0 Å². The Hall–Kier alpha value is -1.03. The van der Waals surface area contributed by atoms with Crippen molar-refractivity contribution in [1.82, 2.24) is 5.32 Å². The second-order valence-electron chi connectivity index (χ2n) is 5.31. The van der Waals surface area contributed by atoms with Gasteiger partial charge in [-0.1, -0.05) is 39.7 Å². The number of rotatable bonds is 4. The lowest BCUT2D eigenvalue weighted by Crippen LogP contribution is -2.18. The lowest BCUT2D eigenvalue weighted by Gasteiger charge is -2.16. The Morgan fingerprint density at radius 3 is 2.81 bits per heavy atom.